The maximum atomic E-state index is 11.9. The summed E-state index contributed by atoms with van der Waals surface area (Å²) in [6.07, 6.45) is 0.941. The molecule has 1 amide bonds. The molecule has 1 aromatic carbocycles. The Balaban J connectivity index is 0.00000200. The number of nitrogens with two attached hydrogens (primary N) is 1. The van der Waals surface area contributed by atoms with Crippen LogP contribution in [0.4, 0.5) is 0 Å². The van der Waals surface area contributed by atoms with Crippen molar-refractivity contribution in [2.75, 3.05) is 13.7 Å². The third-order valence-corrected chi connectivity index (χ3v) is 4.08. The minimum atomic E-state index is -0.137. The zero-order chi connectivity index (χ0) is 14.0. The van der Waals surface area contributed by atoms with Gasteiger partial charge in [0.2, 0.25) is 5.91 Å². The molecule has 0 aliphatic heterocycles. The van der Waals surface area contributed by atoms with E-state index in [-0.39, 0.29) is 35.7 Å². The van der Waals surface area contributed by atoms with E-state index < -0.39 is 0 Å². The van der Waals surface area contributed by atoms with Crippen LogP contribution < -0.4 is 15.8 Å². The summed E-state index contributed by atoms with van der Waals surface area (Å²) in [7, 11) is 1.68. The summed E-state index contributed by atoms with van der Waals surface area (Å²) in [4.78, 5) is 11.9. The fraction of sp³-hybridized carbons (Fsp3) is 0.533. The molecule has 0 heterocycles. The van der Waals surface area contributed by atoms with Gasteiger partial charge in [0.05, 0.1) is 7.11 Å². The molecule has 3 N–H and O–H groups in total. The molecule has 0 radical (unpaired) electrons. The minimum Gasteiger partial charge on any atom is -0.496 e. The third kappa shape index (κ3) is 3.07. The summed E-state index contributed by atoms with van der Waals surface area (Å²) in [5.74, 6) is 0.780. The van der Waals surface area contributed by atoms with E-state index in [1.165, 1.54) is 0 Å². The van der Waals surface area contributed by atoms with E-state index in [1.807, 2.05) is 25.1 Å². The molecule has 3 atom stereocenters. The van der Waals surface area contributed by atoms with Crippen LogP contribution in [-0.2, 0) is 10.2 Å². The van der Waals surface area contributed by atoms with Crippen LogP contribution in [-0.4, -0.2) is 25.6 Å². The molecular formula is C15H23ClN2O2. The Kier molecular flexibility index (Phi) is 5.42. The number of methoxy groups -OCH3 is 1. The Labute approximate surface area is 126 Å². The van der Waals surface area contributed by atoms with E-state index in [0.717, 1.165) is 17.7 Å². The molecule has 0 spiro atoms. The fourth-order valence-corrected chi connectivity index (χ4v) is 2.41. The molecule has 3 unspecified atom stereocenters. The van der Waals surface area contributed by atoms with Crippen LogP contribution in [0.2, 0.25) is 0 Å². The zero-order valence-corrected chi connectivity index (χ0v) is 13.0. The first kappa shape index (κ1) is 16.8. The summed E-state index contributed by atoms with van der Waals surface area (Å²) in [6.45, 7) is 4.38. The minimum absolute atomic E-state index is 0. The zero-order valence-electron chi connectivity index (χ0n) is 12.2. The first-order valence-electron chi connectivity index (χ1n) is 6.67. The summed E-state index contributed by atoms with van der Waals surface area (Å²) in [5, 5.41) is 3.07. The van der Waals surface area contributed by atoms with E-state index >= 15 is 0 Å². The lowest BCUT2D eigenvalue weighted by atomic mass is 9.96. The van der Waals surface area contributed by atoms with Crippen molar-refractivity contribution in [1.82, 2.24) is 5.32 Å². The maximum absolute atomic E-state index is 11.9. The van der Waals surface area contributed by atoms with Crippen LogP contribution in [0.25, 0.3) is 0 Å². The summed E-state index contributed by atoms with van der Waals surface area (Å²) in [5.41, 5.74) is 6.64. The summed E-state index contributed by atoms with van der Waals surface area (Å²) in [6, 6.07) is 8.16. The molecule has 0 saturated heterocycles. The van der Waals surface area contributed by atoms with Crippen LogP contribution in [0.15, 0.2) is 24.3 Å². The monoisotopic (exact) mass is 298 g/mol. The largest absolute Gasteiger partial charge is 0.496 e. The lowest BCUT2D eigenvalue weighted by Crippen LogP contribution is -2.37. The van der Waals surface area contributed by atoms with E-state index in [2.05, 4.69) is 18.3 Å². The number of para-hydroxylation sites is 1. The molecule has 1 fully saturated rings. The molecule has 2 rings (SSSR count). The molecule has 0 aromatic heterocycles. The number of amides is 1. The topological polar surface area (TPSA) is 64.3 Å². The quantitative estimate of drug-likeness (QED) is 0.872. The van der Waals surface area contributed by atoms with Gasteiger partial charge in [0, 0.05) is 29.5 Å². The van der Waals surface area contributed by atoms with Gasteiger partial charge in [-0.05, 0) is 12.5 Å². The van der Waals surface area contributed by atoms with Gasteiger partial charge in [0.25, 0.3) is 0 Å². The van der Waals surface area contributed by atoms with Gasteiger partial charge in [-0.2, -0.15) is 0 Å². The Hall–Kier alpha value is -1.26. The van der Waals surface area contributed by atoms with Crippen molar-refractivity contribution in [3.05, 3.63) is 29.8 Å². The highest BCUT2D eigenvalue weighted by atomic mass is 35.5. The van der Waals surface area contributed by atoms with Gasteiger partial charge in [0.15, 0.2) is 0 Å². The van der Waals surface area contributed by atoms with Crippen LogP contribution in [0.5, 0.6) is 5.75 Å². The summed E-state index contributed by atoms with van der Waals surface area (Å²) < 4.78 is 5.40. The van der Waals surface area contributed by atoms with E-state index in [0.29, 0.717) is 6.54 Å². The maximum Gasteiger partial charge on any atom is 0.224 e. The van der Waals surface area contributed by atoms with Gasteiger partial charge in [-0.15, -0.1) is 12.4 Å². The number of nitrogens with one attached hydrogen (secondary N) is 1. The molecule has 112 valence electrons. The van der Waals surface area contributed by atoms with Gasteiger partial charge in [0.1, 0.15) is 5.75 Å². The summed E-state index contributed by atoms with van der Waals surface area (Å²) >= 11 is 0. The lowest BCUT2D eigenvalue weighted by Gasteiger charge is -2.17. The molecule has 5 heteroatoms. The molecule has 1 aliphatic rings. The van der Waals surface area contributed by atoms with Crippen LogP contribution in [0.3, 0.4) is 0 Å². The predicted molar refractivity (Wildman–Crippen MR) is 82.4 cm³/mol. The fourth-order valence-electron chi connectivity index (χ4n) is 2.41. The molecule has 1 aliphatic carbocycles. The van der Waals surface area contributed by atoms with E-state index in [9.17, 15) is 4.79 Å². The lowest BCUT2D eigenvalue weighted by molar-refractivity contribution is -0.124. The first-order valence-corrected chi connectivity index (χ1v) is 6.67. The highest BCUT2D eigenvalue weighted by molar-refractivity contribution is 5.85. The smallest absolute Gasteiger partial charge is 0.224 e. The van der Waals surface area contributed by atoms with Crippen LogP contribution in [0, 0.1) is 5.92 Å². The van der Waals surface area contributed by atoms with Crippen molar-refractivity contribution in [1.29, 1.82) is 0 Å². The van der Waals surface area contributed by atoms with Crippen LogP contribution >= 0.6 is 12.4 Å². The SMILES string of the molecule is COc1ccccc1C1(C)CC1NC(=O)C(C)CN.Cl. The Morgan fingerprint density at radius 3 is 2.80 bits per heavy atom. The standard InChI is InChI=1S/C15H22N2O2.ClH/c1-10(9-16)14(18)17-13-8-15(13,2)11-6-4-5-7-12(11)19-3;/h4-7,10,13H,8-9,16H2,1-3H3,(H,17,18);1H. The number of carbonyl (C=O) groups is 1. The highest BCUT2D eigenvalue weighted by Gasteiger charge is 2.53. The third-order valence-electron chi connectivity index (χ3n) is 4.08. The van der Waals surface area contributed by atoms with Gasteiger partial charge < -0.3 is 15.8 Å². The van der Waals surface area contributed by atoms with Gasteiger partial charge in [-0.3, -0.25) is 4.79 Å². The van der Waals surface area contributed by atoms with Crippen molar-refractivity contribution in [2.45, 2.75) is 31.7 Å². The molecular weight excluding hydrogens is 276 g/mol. The second-order valence-electron chi connectivity index (χ2n) is 5.52. The first-order chi connectivity index (χ1) is 9.02. The predicted octanol–water partition coefficient (Wildman–Crippen LogP) is 1.86. The average molecular weight is 299 g/mol. The number of halogens is 1. The van der Waals surface area contributed by atoms with Gasteiger partial charge >= 0.3 is 0 Å². The van der Waals surface area contributed by atoms with Crippen molar-refractivity contribution in [2.24, 2.45) is 11.7 Å². The Bertz CT molecular complexity index is 481. The van der Waals surface area contributed by atoms with Gasteiger partial charge in [-0.25, -0.2) is 0 Å². The molecule has 0 bridgehead atoms. The second-order valence-corrected chi connectivity index (χ2v) is 5.52. The number of ether oxygens (including phenoxy) is 1. The van der Waals surface area contributed by atoms with Crippen molar-refractivity contribution < 1.29 is 9.53 Å². The van der Waals surface area contributed by atoms with Crippen molar-refractivity contribution in [3.8, 4) is 5.75 Å². The molecule has 1 aromatic rings. The number of benzene rings is 1. The Morgan fingerprint density at radius 2 is 2.20 bits per heavy atom. The van der Waals surface area contributed by atoms with E-state index in [4.69, 9.17) is 10.5 Å². The van der Waals surface area contributed by atoms with Crippen LogP contribution in [0.1, 0.15) is 25.8 Å². The number of carbonyl (C=O) groups excluding carboxylic acids is 1. The van der Waals surface area contributed by atoms with Crippen molar-refractivity contribution >= 4 is 18.3 Å². The second kappa shape index (κ2) is 6.46. The average Bonchev–Trinajstić information content (AvgIpc) is 3.09. The number of hydrogen-bond donors (Lipinski definition) is 2. The van der Waals surface area contributed by atoms with Crippen molar-refractivity contribution in [3.63, 3.8) is 0 Å². The Morgan fingerprint density at radius 1 is 1.55 bits per heavy atom. The molecule has 4 nitrogen and oxygen atoms in total. The highest BCUT2D eigenvalue weighted by Crippen LogP contribution is 2.51. The molecule has 1 saturated carbocycles. The molecule has 20 heavy (non-hydrogen) atoms. The number of hydrogen-bond acceptors (Lipinski definition) is 3. The normalized spacial score (nSPS) is 25.3. The van der Waals surface area contributed by atoms with E-state index in [1.54, 1.807) is 7.11 Å². The van der Waals surface area contributed by atoms with Gasteiger partial charge in [-0.1, -0.05) is 32.0 Å². The number of rotatable bonds is 5.